The summed E-state index contributed by atoms with van der Waals surface area (Å²) in [6.07, 6.45) is 4.25. The van der Waals surface area contributed by atoms with E-state index in [0.717, 1.165) is 34.7 Å². The number of carboxylic acids is 1. The smallest absolute Gasteiger partial charge is 0.340 e. The lowest BCUT2D eigenvalue weighted by molar-refractivity contribution is -0.312. The average molecular weight is 424 g/mol. The highest BCUT2D eigenvalue weighted by Gasteiger charge is 2.23. The molecule has 1 saturated carbocycles. The van der Waals surface area contributed by atoms with Crippen molar-refractivity contribution in [1.82, 2.24) is 5.32 Å². The minimum atomic E-state index is -0.989. The predicted molar refractivity (Wildman–Crippen MR) is 114 cm³/mol. The first-order valence-electron chi connectivity index (χ1n) is 10.7. The number of carboxylic acid groups (broad SMARTS) is 1. The zero-order chi connectivity index (χ0) is 22.3. The Hall–Kier alpha value is -3.09. The number of hydrogen-bond acceptors (Lipinski definition) is 6. The predicted octanol–water partition coefficient (Wildman–Crippen LogP) is 2.68. The minimum absolute atomic E-state index is 0.0758. The number of aliphatic carboxylic acids is 1. The fourth-order valence-electron chi connectivity index (χ4n) is 4.76. The van der Waals surface area contributed by atoms with Gasteiger partial charge < -0.3 is 24.1 Å². The van der Waals surface area contributed by atoms with Gasteiger partial charge in [0, 0.05) is 17.9 Å². The van der Waals surface area contributed by atoms with Gasteiger partial charge in [-0.2, -0.15) is 0 Å². The summed E-state index contributed by atoms with van der Waals surface area (Å²) < 4.78 is 11.3. The molecule has 3 aromatic rings. The third-order valence-electron chi connectivity index (χ3n) is 6.57. The SMILES string of the molecule is Cc1coc2c1c(C)cc1oc(=O)c(CC(=O)NCC3CCC(C(=O)[O-])CC3)c(C)c12. The van der Waals surface area contributed by atoms with Crippen LogP contribution in [0, 0.1) is 32.6 Å². The molecule has 1 fully saturated rings. The molecule has 0 aliphatic heterocycles. The molecule has 1 aromatic carbocycles. The maximum atomic E-state index is 12.6. The van der Waals surface area contributed by atoms with E-state index in [0.29, 0.717) is 41.7 Å². The van der Waals surface area contributed by atoms with Crippen LogP contribution in [0.15, 0.2) is 26.0 Å². The summed E-state index contributed by atoms with van der Waals surface area (Å²) in [5.41, 5.74) is 3.59. The maximum Gasteiger partial charge on any atom is 0.340 e. The third-order valence-corrected chi connectivity index (χ3v) is 6.57. The zero-order valence-electron chi connectivity index (χ0n) is 18.0. The van der Waals surface area contributed by atoms with Crippen molar-refractivity contribution < 1.29 is 23.5 Å². The van der Waals surface area contributed by atoms with Gasteiger partial charge in [-0.3, -0.25) is 4.79 Å². The normalized spacial score (nSPS) is 19.1. The van der Waals surface area contributed by atoms with Gasteiger partial charge in [0.1, 0.15) is 11.2 Å². The van der Waals surface area contributed by atoms with Crippen molar-refractivity contribution >= 4 is 33.8 Å². The molecule has 0 atom stereocenters. The van der Waals surface area contributed by atoms with E-state index in [1.54, 1.807) is 6.26 Å². The second-order valence-corrected chi connectivity index (χ2v) is 8.70. The van der Waals surface area contributed by atoms with Gasteiger partial charge >= 0.3 is 5.63 Å². The number of carbonyl (C=O) groups is 2. The molecule has 1 aliphatic rings. The van der Waals surface area contributed by atoms with Crippen LogP contribution in [-0.4, -0.2) is 18.4 Å². The van der Waals surface area contributed by atoms with Crippen molar-refractivity contribution in [3.63, 3.8) is 0 Å². The molecule has 1 amide bonds. The highest BCUT2D eigenvalue weighted by Crippen LogP contribution is 2.34. The van der Waals surface area contributed by atoms with Crippen molar-refractivity contribution in [3.8, 4) is 0 Å². The van der Waals surface area contributed by atoms with E-state index in [9.17, 15) is 19.5 Å². The zero-order valence-corrected chi connectivity index (χ0v) is 18.0. The van der Waals surface area contributed by atoms with Crippen LogP contribution < -0.4 is 16.0 Å². The summed E-state index contributed by atoms with van der Waals surface area (Å²) in [5, 5.41) is 15.6. The molecular weight excluding hydrogens is 398 g/mol. The molecule has 0 radical (unpaired) electrons. The molecule has 0 bridgehead atoms. The van der Waals surface area contributed by atoms with Crippen LogP contribution in [-0.2, 0) is 16.0 Å². The minimum Gasteiger partial charge on any atom is -0.550 e. The molecule has 0 saturated heterocycles. The van der Waals surface area contributed by atoms with Gasteiger partial charge in [0.05, 0.1) is 23.6 Å². The summed E-state index contributed by atoms with van der Waals surface area (Å²) in [4.78, 5) is 36.1. The Bertz CT molecular complexity index is 1230. The molecule has 0 unspecified atom stereocenters. The second-order valence-electron chi connectivity index (χ2n) is 8.70. The number of nitrogens with one attached hydrogen (secondary N) is 1. The Kier molecular flexibility index (Phi) is 5.60. The molecule has 31 heavy (non-hydrogen) atoms. The van der Waals surface area contributed by atoms with E-state index in [2.05, 4.69) is 5.32 Å². The molecule has 7 heteroatoms. The number of carbonyl (C=O) groups excluding carboxylic acids is 2. The fourth-order valence-corrected chi connectivity index (χ4v) is 4.76. The van der Waals surface area contributed by atoms with Crippen LogP contribution >= 0.6 is 0 Å². The summed E-state index contributed by atoms with van der Waals surface area (Å²) in [6.45, 7) is 6.20. The lowest BCUT2D eigenvalue weighted by Crippen LogP contribution is -2.37. The van der Waals surface area contributed by atoms with Crippen molar-refractivity contribution in [2.45, 2.75) is 52.9 Å². The van der Waals surface area contributed by atoms with Crippen LogP contribution in [0.5, 0.6) is 0 Å². The van der Waals surface area contributed by atoms with Crippen LogP contribution in [0.4, 0.5) is 0 Å². The van der Waals surface area contributed by atoms with Crippen molar-refractivity contribution in [2.24, 2.45) is 11.8 Å². The first kappa shape index (κ1) is 21.2. The second kappa shape index (κ2) is 8.21. The van der Waals surface area contributed by atoms with E-state index in [1.807, 2.05) is 26.8 Å². The number of hydrogen-bond donors (Lipinski definition) is 1. The summed E-state index contributed by atoms with van der Waals surface area (Å²) in [5.74, 6) is -1.39. The van der Waals surface area contributed by atoms with Gasteiger partial charge in [0.15, 0.2) is 0 Å². The number of furan rings is 1. The standard InChI is InChI=1S/C24H27NO6/c1-12-8-18-21(22-20(12)13(2)11-30-22)14(3)17(24(29)31-18)9-19(26)25-10-15-4-6-16(7-5-15)23(27)28/h8,11,15-16H,4-7,9-10H2,1-3H3,(H,25,26)(H,27,28)/p-1. The largest absolute Gasteiger partial charge is 0.550 e. The number of rotatable bonds is 5. The quantitative estimate of drug-likeness (QED) is 0.630. The van der Waals surface area contributed by atoms with E-state index in [-0.39, 0.29) is 24.2 Å². The molecule has 1 N–H and O–H groups in total. The molecule has 2 aromatic heterocycles. The Morgan fingerprint density at radius 2 is 1.81 bits per heavy atom. The highest BCUT2D eigenvalue weighted by molar-refractivity contribution is 6.07. The van der Waals surface area contributed by atoms with Crippen LogP contribution in [0.1, 0.15) is 47.9 Å². The first-order chi connectivity index (χ1) is 14.8. The van der Waals surface area contributed by atoms with Crippen LogP contribution in [0.2, 0.25) is 0 Å². The van der Waals surface area contributed by atoms with E-state index < -0.39 is 11.6 Å². The number of benzene rings is 1. The third kappa shape index (κ3) is 3.96. The lowest BCUT2D eigenvalue weighted by Gasteiger charge is -2.29. The molecule has 7 nitrogen and oxygen atoms in total. The van der Waals surface area contributed by atoms with Crippen LogP contribution in [0.25, 0.3) is 21.9 Å². The van der Waals surface area contributed by atoms with Gasteiger partial charge in [0.25, 0.3) is 0 Å². The van der Waals surface area contributed by atoms with Crippen molar-refractivity contribution in [1.29, 1.82) is 0 Å². The van der Waals surface area contributed by atoms with Gasteiger partial charge in [-0.05, 0) is 81.0 Å². The Labute approximate surface area is 179 Å². The number of aryl methyl sites for hydroxylation is 3. The van der Waals surface area contributed by atoms with Gasteiger partial charge in [-0.1, -0.05) is 0 Å². The molecular formula is C24H26NO6-. The number of amides is 1. The van der Waals surface area contributed by atoms with E-state index >= 15 is 0 Å². The Morgan fingerprint density at radius 1 is 1.10 bits per heavy atom. The highest BCUT2D eigenvalue weighted by atomic mass is 16.4. The van der Waals surface area contributed by atoms with E-state index in [4.69, 9.17) is 8.83 Å². The average Bonchev–Trinajstić information content (AvgIpc) is 3.11. The molecule has 4 rings (SSSR count). The summed E-state index contributed by atoms with van der Waals surface area (Å²) in [6, 6.07) is 1.83. The summed E-state index contributed by atoms with van der Waals surface area (Å²) >= 11 is 0. The Balaban J connectivity index is 1.53. The first-order valence-corrected chi connectivity index (χ1v) is 10.7. The molecule has 2 heterocycles. The molecule has 164 valence electrons. The lowest BCUT2D eigenvalue weighted by atomic mass is 9.82. The monoisotopic (exact) mass is 424 g/mol. The van der Waals surface area contributed by atoms with Crippen molar-refractivity contribution in [3.05, 3.63) is 45.0 Å². The molecule has 1 aliphatic carbocycles. The van der Waals surface area contributed by atoms with Gasteiger partial charge in [-0.25, -0.2) is 4.79 Å². The molecule has 0 spiro atoms. The maximum absolute atomic E-state index is 12.6. The van der Waals surface area contributed by atoms with Gasteiger partial charge in [-0.15, -0.1) is 0 Å². The van der Waals surface area contributed by atoms with Crippen LogP contribution in [0.3, 0.4) is 0 Å². The fraction of sp³-hybridized carbons (Fsp3) is 0.458. The van der Waals surface area contributed by atoms with E-state index in [1.165, 1.54) is 0 Å². The Morgan fingerprint density at radius 3 is 2.48 bits per heavy atom. The van der Waals surface area contributed by atoms with Gasteiger partial charge in [0.2, 0.25) is 5.91 Å². The topological polar surface area (TPSA) is 113 Å². The summed E-state index contributed by atoms with van der Waals surface area (Å²) in [7, 11) is 0. The van der Waals surface area contributed by atoms with Crippen molar-refractivity contribution in [2.75, 3.05) is 6.54 Å². The number of fused-ring (bicyclic) bond motifs is 3.